The molecule has 0 aliphatic carbocycles. The Morgan fingerprint density at radius 3 is 0.723 bits per heavy atom. The number of fused-ring (bicyclic) bond motifs is 9. The van der Waals surface area contributed by atoms with Crippen LogP contribution in [0.4, 0.5) is 26.3 Å². The largest absolute Gasteiger partial charge is 0.239 e. The fraction of sp³-hybridized carbons (Fsp3) is 0.0333. The number of aromatic nitrogens is 6. The van der Waals surface area contributed by atoms with Crippen molar-refractivity contribution in [1.82, 2.24) is 29.9 Å². The summed E-state index contributed by atoms with van der Waals surface area (Å²) in [4.78, 5) is 24.4. The normalized spacial score (nSPS) is 11.2. The Morgan fingerprint density at radius 1 is 0.319 bits per heavy atom. The summed E-state index contributed by atoms with van der Waals surface area (Å²) >= 11 is 0. The van der Waals surface area contributed by atoms with Gasteiger partial charge < -0.3 is 0 Å². The average Bonchev–Trinajstić information content (AvgIpc) is 3.08. The molecule has 11 nitrogen and oxygen atoms in total. The molecule has 7 rings (SSSR count). The lowest BCUT2D eigenvalue weighted by Gasteiger charge is -2.13. The molecule has 0 spiro atoms. The number of nitriles is 5. The van der Waals surface area contributed by atoms with Gasteiger partial charge in [-0.1, -0.05) is 0 Å². The highest BCUT2D eigenvalue weighted by molar-refractivity contribution is 6.21. The fourth-order valence-electron chi connectivity index (χ4n) is 5.25. The van der Waals surface area contributed by atoms with Crippen molar-refractivity contribution in [3.63, 3.8) is 0 Å². The zero-order valence-corrected chi connectivity index (χ0v) is 22.7. The lowest BCUT2D eigenvalue weighted by Crippen LogP contribution is -2.07. The van der Waals surface area contributed by atoms with Crippen LogP contribution in [0.2, 0.25) is 0 Å². The summed E-state index contributed by atoms with van der Waals surface area (Å²) < 4.78 is 93.0. The lowest BCUT2D eigenvalue weighted by atomic mass is 10.0. The summed E-state index contributed by atoms with van der Waals surface area (Å²) in [5, 5.41) is 47.1. The van der Waals surface area contributed by atoms with E-state index in [1.54, 1.807) is 0 Å². The molecule has 0 aliphatic heterocycles. The van der Waals surface area contributed by atoms with Gasteiger partial charge in [-0.2, -0.15) is 26.3 Å². The predicted octanol–water partition coefficient (Wildman–Crippen LogP) is 5.48. The molecule has 4 aromatic carbocycles. The molecule has 7 aromatic rings. The summed E-state index contributed by atoms with van der Waals surface area (Å²) in [7, 11) is 0. The van der Waals surface area contributed by atoms with Crippen LogP contribution in [0, 0.1) is 98.5 Å². The Balaban J connectivity index is 1.85. The molecule has 47 heavy (non-hydrogen) atoms. The molecule has 220 valence electrons. The van der Waals surface area contributed by atoms with E-state index in [0.717, 1.165) is 6.92 Å². The Bertz CT molecular complexity index is 2880. The van der Waals surface area contributed by atoms with Gasteiger partial charge in [-0.05, 0) is 6.92 Å². The number of hydrogen-bond acceptors (Lipinski definition) is 11. The third-order valence-corrected chi connectivity index (χ3v) is 7.47. The minimum absolute atomic E-state index is 0.441. The lowest BCUT2D eigenvalue weighted by molar-refractivity contribution is 0.602. The zero-order valence-electron chi connectivity index (χ0n) is 22.7. The molecule has 0 amide bonds. The Hall–Kier alpha value is -7.29. The first-order valence-electron chi connectivity index (χ1n) is 12.7. The van der Waals surface area contributed by atoms with Crippen molar-refractivity contribution in [3.05, 3.63) is 68.3 Å². The van der Waals surface area contributed by atoms with E-state index in [4.69, 9.17) is 0 Å². The predicted molar refractivity (Wildman–Crippen MR) is 146 cm³/mol. The standard InChI is InChI=1S/C30H3F6N11/c1-7-8(2-37)14(32)20-19(13(7)31)42-25-26(43-20)28-30(47-24-18(36)12(6-41)11(5-40)17(35)23(24)45-28)29-27(25)44-21-15(33)9(3-38)10(4-39)16(34)22(21)46-29/h1H3. The highest BCUT2D eigenvalue weighted by Crippen LogP contribution is 2.37. The van der Waals surface area contributed by atoms with Crippen molar-refractivity contribution in [2.75, 3.05) is 0 Å². The molecule has 0 radical (unpaired) electrons. The van der Waals surface area contributed by atoms with Gasteiger partial charge in [0.15, 0.2) is 34.9 Å². The molecule has 0 aliphatic rings. The number of hydrogen-bond donors (Lipinski definition) is 0. The first kappa shape index (κ1) is 28.5. The van der Waals surface area contributed by atoms with E-state index in [9.17, 15) is 26.3 Å². The van der Waals surface area contributed by atoms with Crippen LogP contribution < -0.4 is 0 Å². The molecule has 0 bridgehead atoms. The monoisotopic (exact) mass is 631 g/mol. The van der Waals surface area contributed by atoms with Crippen molar-refractivity contribution < 1.29 is 26.3 Å². The molecule has 3 heterocycles. The second-order valence-corrected chi connectivity index (χ2v) is 9.80. The molecule has 3 aromatic heterocycles. The maximum Gasteiger partial charge on any atom is 0.170 e. The first-order chi connectivity index (χ1) is 22.5. The van der Waals surface area contributed by atoms with Crippen LogP contribution in [0.1, 0.15) is 33.4 Å². The first-order valence-corrected chi connectivity index (χ1v) is 12.7. The fourth-order valence-corrected chi connectivity index (χ4v) is 5.25. The van der Waals surface area contributed by atoms with Crippen LogP contribution >= 0.6 is 0 Å². The van der Waals surface area contributed by atoms with E-state index in [1.165, 1.54) is 30.3 Å². The maximum absolute atomic E-state index is 15.5. The van der Waals surface area contributed by atoms with E-state index >= 15 is 26.3 Å². The Kier molecular flexibility index (Phi) is 5.82. The third kappa shape index (κ3) is 3.46. The highest BCUT2D eigenvalue weighted by Gasteiger charge is 2.29. The van der Waals surface area contributed by atoms with Gasteiger partial charge in [-0.15, -0.1) is 0 Å². The van der Waals surface area contributed by atoms with Crippen LogP contribution in [0.25, 0.3) is 66.2 Å². The van der Waals surface area contributed by atoms with Crippen molar-refractivity contribution in [3.8, 4) is 30.3 Å². The van der Waals surface area contributed by atoms with Crippen LogP contribution in [0.5, 0.6) is 0 Å². The zero-order chi connectivity index (χ0) is 33.6. The van der Waals surface area contributed by atoms with Crippen molar-refractivity contribution in [2.24, 2.45) is 0 Å². The molecule has 0 saturated heterocycles. The summed E-state index contributed by atoms with van der Waals surface area (Å²) in [6.07, 6.45) is 0. The number of halogens is 6. The Labute approximate surface area is 254 Å². The van der Waals surface area contributed by atoms with Gasteiger partial charge in [0.2, 0.25) is 0 Å². The summed E-state index contributed by atoms with van der Waals surface area (Å²) in [5.74, 6) is -8.39. The molecule has 17 heteroatoms. The van der Waals surface area contributed by atoms with Gasteiger partial charge in [0.05, 0.1) is 5.56 Å². The van der Waals surface area contributed by atoms with Crippen LogP contribution in [-0.2, 0) is 0 Å². The van der Waals surface area contributed by atoms with Crippen molar-refractivity contribution in [2.45, 2.75) is 6.92 Å². The maximum atomic E-state index is 15.5. The van der Waals surface area contributed by atoms with Crippen LogP contribution in [-0.4, -0.2) is 29.9 Å². The smallest absolute Gasteiger partial charge is 0.170 e. The van der Waals surface area contributed by atoms with E-state index in [1.807, 2.05) is 0 Å². The Morgan fingerprint density at radius 2 is 0.511 bits per heavy atom. The minimum Gasteiger partial charge on any atom is -0.239 e. The topological polar surface area (TPSA) is 196 Å². The van der Waals surface area contributed by atoms with Crippen molar-refractivity contribution >= 4 is 66.2 Å². The average molecular weight is 631 g/mol. The number of nitrogens with zero attached hydrogens (tertiary/aromatic N) is 11. The van der Waals surface area contributed by atoms with Gasteiger partial charge in [-0.25, -0.2) is 56.2 Å². The quantitative estimate of drug-likeness (QED) is 0.117. The second-order valence-electron chi connectivity index (χ2n) is 9.80. The molecule has 0 unspecified atom stereocenters. The van der Waals surface area contributed by atoms with Gasteiger partial charge in [0, 0.05) is 5.56 Å². The van der Waals surface area contributed by atoms with Crippen LogP contribution in [0.3, 0.4) is 0 Å². The summed E-state index contributed by atoms with van der Waals surface area (Å²) in [6.45, 7) is 1.10. The van der Waals surface area contributed by atoms with Crippen LogP contribution in [0.15, 0.2) is 0 Å². The summed E-state index contributed by atoms with van der Waals surface area (Å²) in [6, 6.07) is 6.98. The molecule has 0 saturated carbocycles. The molecule has 0 N–H and O–H groups in total. The van der Waals surface area contributed by atoms with Gasteiger partial charge >= 0.3 is 0 Å². The third-order valence-electron chi connectivity index (χ3n) is 7.47. The van der Waals surface area contributed by atoms with E-state index in [-0.39, 0.29) is 0 Å². The second kappa shape index (κ2) is 9.60. The minimum atomic E-state index is -1.48. The summed E-state index contributed by atoms with van der Waals surface area (Å²) in [5.41, 5.74) is -13.6. The van der Waals surface area contributed by atoms with Gasteiger partial charge in [0.1, 0.15) is 119 Å². The molecular weight excluding hydrogens is 628 g/mol. The SMILES string of the molecule is Cc1c(C#N)c(F)c2nc3c(nc2c1F)c1nc2c(F)c(C#N)c(C#N)c(F)c2nc1c1nc2c(F)c(C#N)c(C#N)c(F)c2nc31. The van der Waals surface area contributed by atoms with Crippen molar-refractivity contribution in [1.29, 1.82) is 26.3 Å². The highest BCUT2D eigenvalue weighted by atomic mass is 19.1. The molecule has 0 fully saturated rings. The van der Waals surface area contributed by atoms with Gasteiger partial charge in [-0.3, -0.25) is 0 Å². The van der Waals surface area contributed by atoms with E-state index in [0.29, 0.717) is 0 Å². The van der Waals surface area contributed by atoms with E-state index in [2.05, 4.69) is 29.9 Å². The van der Waals surface area contributed by atoms with Gasteiger partial charge in [0.25, 0.3) is 0 Å². The number of benzene rings is 4. The van der Waals surface area contributed by atoms with E-state index < -0.39 is 134 Å². The molecule has 0 atom stereocenters. The number of rotatable bonds is 0. The molecular formula is C30H3F6N11.